The van der Waals surface area contributed by atoms with Gasteiger partial charge in [0.2, 0.25) is 0 Å². The molecule has 146 valence electrons. The molecule has 2 heterocycles. The molecule has 1 amide bonds. The standard InChI is InChI=1S/C22H18N4OS.CH4/c1-23-22(27)18-7-2-3-8-21(18)28-16-10-11-17-19(25-26-20(17)14-16)12-9-15-6-4-5-13-24-15;/h2-14H,1H3,(H,23,27)(H,25,26);1H4/b12-9+;. The third kappa shape index (κ3) is 4.55. The van der Waals surface area contributed by atoms with Crippen LogP contribution >= 0.6 is 11.8 Å². The van der Waals surface area contributed by atoms with Gasteiger partial charge in [-0.05, 0) is 54.6 Å². The van der Waals surface area contributed by atoms with Crippen molar-refractivity contribution in [2.24, 2.45) is 0 Å². The van der Waals surface area contributed by atoms with E-state index in [0.29, 0.717) is 5.56 Å². The van der Waals surface area contributed by atoms with Crippen molar-refractivity contribution in [2.75, 3.05) is 7.05 Å². The number of carbonyl (C=O) groups is 1. The number of amides is 1. The number of aromatic amines is 1. The molecular formula is C23H22N4OS. The van der Waals surface area contributed by atoms with Gasteiger partial charge < -0.3 is 5.32 Å². The lowest BCUT2D eigenvalue weighted by Gasteiger charge is -2.08. The Morgan fingerprint density at radius 1 is 1.07 bits per heavy atom. The van der Waals surface area contributed by atoms with Crippen LogP contribution in [-0.2, 0) is 0 Å². The third-order valence-corrected chi connectivity index (χ3v) is 5.32. The predicted octanol–water partition coefficient (Wildman–Crippen LogP) is 5.28. The lowest BCUT2D eigenvalue weighted by atomic mass is 10.2. The smallest absolute Gasteiger partial charge is 0.252 e. The molecule has 2 aromatic carbocycles. The summed E-state index contributed by atoms with van der Waals surface area (Å²) >= 11 is 1.56. The number of hydrogen-bond acceptors (Lipinski definition) is 4. The lowest BCUT2D eigenvalue weighted by molar-refractivity contribution is 0.0960. The molecule has 0 saturated heterocycles. The minimum Gasteiger partial charge on any atom is -0.355 e. The van der Waals surface area contributed by atoms with Gasteiger partial charge >= 0.3 is 0 Å². The summed E-state index contributed by atoms with van der Waals surface area (Å²) in [6.07, 6.45) is 5.66. The van der Waals surface area contributed by atoms with Gasteiger partial charge in [-0.1, -0.05) is 37.4 Å². The van der Waals surface area contributed by atoms with Crippen LogP contribution in [0.3, 0.4) is 0 Å². The van der Waals surface area contributed by atoms with Crippen LogP contribution in [0.25, 0.3) is 23.1 Å². The molecule has 0 spiro atoms. The second-order valence-corrected chi connectivity index (χ2v) is 7.20. The highest BCUT2D eigenvalue weighted by Crippen LogP contribution is 2.32. The van der Waals surface area contributed by atoms with Crippen LogP contribution in [0, 0.1) is 0 Å². The second-order valence-electron chi connectivity index (χ2n) is 6.08. The largest absolute Gasteiger partial charge is 0.355 e. The number of benzene rings is 2. The summed E-state index contributed by atoms with van der Waals surface area (Å²) in [4.78, 5) is 18.3. The zero-order chi connectivity index (χ0) is 19.3. The Balaban J connectivity index is 0.00000240. The molecule has 4 aromatic rings. The Morgan fingerprint density at radius 3 is 2.69 bits per heavy atom. The molecule has 29 heavy (non-hydrogen) atoms. The molecule has 2 N–H and O–H groups in total. The van der Waals surface area contributed by atoms with Gasteiger partial charge in [-0.3, -0.25) is 14.9 Å². The fourth-order valence-corrected chi connectivity index (χ4v) is 3.84. The van der Waals surface area contributed by atoms with Crippen LogP contribution in [0.2, 0.25) is 0 Å². The maximum atomic E-state index is 12.1. The minimum absolute atomic E-state index is 0. The molecule has 0 aliphatic rings. The molecule has 0 atom stereocenters. The van der Waals surface area contributed by atoms with E-state index in [0.717, 1.165) is 32.1 Å². The highest BCUT2D eigenvalue weighted by molar-refractivity contribution is 7.99. The molecule has 5 nitrogen and oxygen atoms in total. The number of hydrogen-bond donors (Lipinski definition) is 2. The summed E-state index contributed by atoms with van der Waals surface area (Å²) in [6.45, 7) is 0. The number of aromatic nitrogens is 3. The van der Waals surface area contributed by atoms with E-state index in [-0.39, 0.29) is 13.3 Å². The summed E-state index contributed by atoms with van der Waals surface area (Å²) < 4.78 is 0. The molecule has 0 bridgehead atoms. The molecule has 0 unspecified atom stereocenters. The zero-order valence-electron chi connectivity index (χ0n) is 15.2. The number of nitrogens with zero attached hydrogens (tertiary/aromatic N) is 2. The summed E-state index contributed by atoms with van der Waals surface area (Å²) in [5.41, 5.74) is 3.36. The molecule has 6 heteroatoms. The Morgan fingerprint density at radius 2 is 1.90 bits per heavy atom. The van der Waals surface area contributed by atoms with Gasteiger partial charge in [0.25, 0.3) is 5.91 Å². The number of carbonyl (C=O) groups excluding carboxylic acids is 1. The molecule has 0 aliphatic heterocycles. The number of pyridine rings is 1. The van der Waals surface area contributed by atoms with Gasteiger partial charge in [-0.15, -0.1) is 0 Å². The molecule has 4 rings (SSSR count). The molecule has 0 aliphatic carbocycles. The van der Waals surface area contributed by atoms with Crippen LogP contribution < -0.4 is 5.32 Å². The van der Waals surface area contributed by atoms with Crippen molar-refractivity contribution >= 4 is 40.7 Å². The highest BCUT2D eigenvalue weighted by Gasteiger charge is 2.11. The molecule has 0 radical (unpaired) electrons. The Labute approximate surface area is 174 Å². The fourth-order valence-electron chi connectivity index (χ4n) is 2.85. The van der Waals surface area contributed by atoms with Crippen LogP contribution in [-0.4, -0.2) is 28.1 Å². The van der Waals surface area contributed by atoms with Crippen molar-refractivity contribution in [3.05, 3.63) is 83.8 Å². The third-order valence-electron chi connectivity index (χ3n) is 4.25. The second kappa shape index (κ2) is 9.21. The van der Waals surface area contributed by atoms with Crippen LogP contribution in [0.4, 0.5) is 0 Å². The molecule has 2 aromatic heterocycles. The van der Waals surface area contributed by atoms with Gasteiger partial charge in [0.05, 0.1) is 22.5 Å². The summed E-state index contributed by atoms with van der Waals surface area (Å²) in [5.74, 6) is -0.0901. The van der Waals surface area contributed by atoms with Gasteiger partial charge in [0, 0.05) is 28.4 Å². The Bertz CT molecular complexity index is 1150. The van der Waals surface area contributed by atoms with Gasteiger partial charge in [-0.25, -0.2) is 0 Å². The summed E-state index contributed by atoms with van der Waals surface area (Å²) in [6, 6.07) is 19.5. The van der Waals surface area contributed by atoms with Crippen molar-refractivity contribution in [3.63, 3.8) is 0 Å². The SMILES string of the molecule is C.CNC(=O)c1ccccc1Sc1ccc2c(/C=C/c3ccccn3)n[nH]c2c1. The first-order chi connectivity index (χ1) is 13.7. The zero-order valence-corrected chi connectivity index (χ0v) is 16.0. The van der Waals surface area contributed by atoms with E-state index in [4.69, 9.17) is 0 Å². The van der Waals surface area contributed by atoms with E-state index < -0.39 is 0 Å². The van der Waals surface area contributed by atoms with Crippen LogP contribution in [0.1, 0.15) is 29.2 Å². The van der Waals surface area contributed by atoms with Gasteiger partial charge in [0.15, 0.2) is 0 Å². The highest BCUT2D eigenvalue weighted by atomic mass is 32.2. The monoisotopic (exact) mass is 402 g/mol. The Hall–Kier alpha value is -3.38. The first-order valence-electron chi connectivity index (χ1n) is 8.81. The fraction of sp³-hybridized carbons (Fsp3) is 0.0870. The minimum atomic E-state index is -0.0901. The van der Waals surface area contributed by atoms with Crippen LogP contribution in [0.15, 0.2) is 76.7 Å². The first kappa shape index (κ1) is 20.4. The quantitative estimate of drug-likeness (QED) is 0.477. The van der Waals surface area contributed by atoms with E-state index in [1.807, 2.05) is 72.8 Å². The van der Waals surface area contributed by atoms with Crippen molar-refractivity contribution in [1.29, 1.82) is 0 Å². The summed E-state index contributed by atoms with van der Waals surface area (Å²) in [7, 11) is 1.64. The average molecular weight is 403 g/mol. The number of nitrogens with one attached hydrogen (secondary N) is 2. The van der Waals surface area contributed by atoms with E-state index >= 15 is 0 Å². The van der Waals surface area contributed by atoms with Crippen LogP contribution in [0.5, 0.6) is 0 Å². The Kier molecular flexibility index (Phi) is 6.46. The van der Waals surface area contributed by atoms with E-state index in [1.54, 1.807) is 25.0 Å². The topological polar surface area (TPSA) is 70.7 Å². The van der Waals surface area contributed by atoms with Crippen molar-refractivity contribution < 1.29 is 4.79 Å². The van der Waals surface area contributed by atoms with E-state index in [2.05, 4.69) is 20.5 Å². The van der Waals surface area contributed by atoms with Crippen molar-refractivity contribution in [3.8, 4) is 0 Å². The average Bonchev–Trinajstić information content (AvgIpc) is 3.15. The predicted molar refractivity (Wildman–Crippen MR) is 120 cm³/mol. The van der Waals surface area contributed by atoms with E-state index in [9.17, 15) is 4.79 Å². The number of fused-ring (bicyclic) bond motifs is 1. The number of rotatable bonds is 5. The maximum absolute atomic E-state index is 12.1. The first-order valence-corrected chi connectivity index (χ1v) is 9.62. The van der Waals surface area contributed by atoms with Crippen molar-refractivity contribution in [1.82, 2.24) is 20.5 Å². The summed E-state index contributed by atoms with van der Waals surface area (Å²) in [5, 5.41) is 11.2. The van der Waals surface area contributed by atoms with E-state index in [1.165, 1.54) is 0 Å². The normalized spacial score (nSPS) is 10.8. The lowest BCUT2D eigenvalue weighted by Crippen LogP contribution is -2.18. The molecule has 0 saturated carbocycles. The van der Waals surface area contributed by atoms with Gasteiger partial charge in [0.1, 0.15) is 0 Å². The van der Waals surface area contributed by atoms with Crippen molar-refractivity contribution in [2.45, 2.75) is 17.2 Å². The van der Waals surface area contributed by atoms with Gasteiger partial charge in [-0.2, -0.15) is 5.10 Å². The maximum Gasteiger partial charge on any atom is 0.252 e. The number of H-pyrrole nitrogens is 1. The molecule has 0 fully saturated rings. The molecular weight excluding hydrogens is 380 g/mol.